The van der Waals surface area contributed by atoms with E-state index in [9.17, 15) is 0 Å². The Morgan fingerprint density at radius 3 is 1.33 bits per heavy atom. The van der Waals surface area contributed by atoms with Gasteiger partial charge in [0.25, 0.3) is 0 Å². The smallest absolute Gasteiger partial charge is 0.0633 e. The Balaban J connectivity index is 1.77. The molecule has 0 aliphatic rings. The molecule has 0 fully saturated rings. The van der Waals surface area contributed by atoms with Gasteiger partial charge in [0.2, 0.25) is 0 Å². The highest BCUT2D eigenvalue weighted by molar-refractivity contribution is 7.16. The van der Waals surface area contributed by atoms with Crippen LogP contribution in [0, 0.1) is 0 Å². The largest absolute Gasteiger partial charge is 0.252 e. The van der Waals surface area contributed by atoms with Gasteiger partial charge in [0, 0.05) is 9.75 Å². The minimum atomic E-state index is 1.00. The monoisotopic (exact) mass is 374 g/mol. The molecule has 138 valence electrons. The highest BCUT2D eigenvalue weighted by atomic mass is 32.1. The number of aliphatic imine (C=N–C) groups is 2. The third kappa shape index (κ3) is 5.01. The average molecular weight is 375 g/mol. The summed E-state index contributed by atoms with van der Waals surface area (Å²) in [6.07, 6.45) is 2.11. The summed E-state index contributed by atoms with van der Waals surface area (Å²) in [5.41, 5.74) is 6.75. The highest BCUT2D eigenvalue weighted by Gasteiger charge is 2.06. The first kappa shape index (κ1) is 19.2. The van der Waals surface area contributed by atoms with Gasteiger partial charge in [-0.05, 0) is 74.2 Å². The van der Waals surface area contributed by atoms with Crippen molar-refractivity contribution in [3.05, 3.63) is 81.5 Å². The Labute approximate surface area is 166 Å². The zero-order chi connectivity index (χ0) is 19.2. The minimum Gasteiger partial charge on any atom is -0.252 e. The fourth-order valence-corrected chi connectivity index (χ4v) is 3.73. The Kier molecular flexibility index (Phi) is 6.36. The number of hydrogen-bond donors (Lipinski definition) is 0. The Morgan fingerprint density at radius 1 is 0.630 bits per heavy atom. The van der Waals surface area contributed by atoms with Gasteiger partial charge in [-0.15, -0.1) is 11.3 Å². The van der Waals surface area contributed by atoms with Gasteiger partial charge < -0.3 is 0 Å². The van der Waals surface area contributed by atoms with E-state index in [1.54, 1.807) is 11.3 Å². The van der Waals surface area contributed by atoms with Crippen LogP contribution in [0.5, 0.6) is 0 Å². The number of rotatable bonds is 6. The van der Waals surface area contributed by atoms with E-state index in [0.29, 0.717) is 0 Å². The van der Waals surface area contributed by atoms with Gasteiger partial charge in [-0.3, -0.25) is 9.98 Å². The molecule has 1 heterocycles. The summed E-state index contributed by atoms with van der Waals surface area (Å²) in [7, 11) is 0. The first-order valence-electron chi connectivity index (χ1n) is 9.48. The van der Waals surface area contributed by atoms with Gasteiger partial charge in [0.15, 0.2) is 0 Å². The van der Waals surface area contributed by atoms with Crippen LogP contribution in [0.2, 0.25) is 0 Å². The second-order valence-electron chi connectivity index (χ2n) is 6.60. The number of benzene rings is 2. The molecule has 27 heavy (non-hydrogen) atoms. The van der Waals surface area contributed by atoms with Crippen molar-refractivity contribution in [3.63, 3.8) is 0 Å². The summed E-state index contributed by atoms with van der Waals surface area (Å²) in [6.45, 7) is 8.47. The van der Waals surface area contributed by atoms with Crippen molar-refractivity contribution < 1.29 is 0 Å². The van der Waals surface area contributed by atoms with Crippen molar-refractivity contribution in [1.29, 1.82) is 0 Å². The molecule has 0 unspecified atom stereocenters. The second-order valence-corrected chi connectivity index (χ2v) is 7.68. The number of thiophene rings is 1. The maximum Gasteiger partial charge on any atom is 0.0633 e. The van der Waals surface area contributed by atoms with E-state index in [1.165, 1.54) is 20.9 Å². The van der Waals surface area contributed by atoms with Crippen LogP contribution in [-0.2, 0) is 12.8 Å². The van der Waals surface area contributed by atoms with E-state index < -0.39 is 0 Å². The maximum atomic E-state index is 4.77. The van der Waals surface area contributed by atoms with E-state index >= 15 is 0 Å². The minimum absolute atomic E-state index is 1.00. The zero-order valence-electron chi connectivity index (χ0n) is 16.5. The van der Waals surface area contributed by atoms with Crippen LogP contribution in [0.15, 0.2) is 70.6 Å². The van der Waals surface area contributed by atoms with Gasteiger partial charge in [0.05, 0.1) is 22.8 Å². The summed E-state index contributed by atoms with van der Waals surface area (Å²) in [5, 5.41) is 0. The van der Waals surface area contributed by atoms with E-state index in [0.717, 1.165) is 35.6 Å². The van der Waals surface area contributed by atoms with Crippen LogP contribution in [0.1, 0.15) is 48.6 Å². The SMILES string of the molecule is CCc1ccc(N=C(C)c2ccc(C(C)=Nc3ccc(CC)cc3)s2)cc1. The lowest BCUT2D eigenvalue weighted by molar-refractivity contribution is 1.14. The maximum absolute atomic E-state index is 4.77. The summed E-state index contributed by atoms with van der Waals surface area (Å²) < 4.78 is 0. The van der Waals surface area contributed by atoms with Crippen LogP contribution < -0.4 is 0 Å². The third-order valence-electron chi connectivity index (χ3n) is 4.60. The fourth-order valence-electron chi connectivity index (χ4n) is 2.84. The molecule has 0 spiro atoms. The van der Waals surface area contributed by atoms with Crippen molar-refractivity contribution in [2.75, 3.05) is 0 Å². The Bertz CT molecular complexity index is 867. The van der Waals surface area contributed by atoms with Crippen molar-refractivity contribution >= 4 is 34.1 Å². The molecule has 0 aliphatic heterocycles. The average Bonchev–Trinajstić information content (AvgIpc) is 3.20. The lowest BCUT2D eigenvalue weighted by Crippen LogP contribution is -1.90. The van der Waals surface area contributed by atoms with Gasteiger partial charge in [-0.2, -0.15) is 0 Å². The second kappa shape index (κ2) is 8.92. The molecule has 0 radical (unpaired) electrons. The summed E-state index contributed by atoms with van der Waals surface area (Å²) in [5.74, 6) is 0. The van der Waals surface area contributed by atoms with Gasteiger partial charge in [-0.1, -0.05) is 38.1 Å². The first-order valence-corrected chi connectivity index (χ1v) is 10.3. The van der Waals surface area contributed by atoms with Crippen molar-refractivity contribution in [1.82, 2.24) is 0 Å². The van der Waals surface area contributed by atoms with E-state index in [4.69, 9.17) is 9.98 Å². The van der Waals surface area contributed by atoms with Crippen molar-refractivity contribution in [2.45, 2.75) is 40.5 Å². The molecule has 1 aromatic heterocycles. The van der Waals surface area contributed by atoms with Crippen LogP contribution >= 0.6 is 11.3 Å². The molecule has 0 bridgehead atoms. The zero-order valence-corrected chi connectivity index (χ0v) is 17.3. The number of nitrogens with zero attached hydrogens (tertiary/aromatic N) is 2. The molecular weight excluding hydrogens is 348 g/mol. The molecule has 0 saturated carbocycles. The van der Waals surface area contributed by atoms with Crippen molar-refractivity contribution in [2.24, 2.45) is 9.98 Å². The molecule has 0 N–H and O–H groups in total. The van der Waals surface area contributed by atoms with Gasteiger partial charge in [-0.25, -0.2) is 0 Å². The lowest BCUT2D eigenvalue weighted by atomic mass is 10.1. The molecule has 3 rings (SSSR count). The predicted octanol–water partition coefficient (Wildman–Crippen LogP) is 7.15. The Hall–Kier alpha value is -2.52. The molecule has 0 atom stereocenters. The summed E-state index contributed by atoms with van der Waals surface area (Å²) in [6, 6.07) is 21.2. The molecule has 3 aromatic rings. The van der Waals surface area contributed by atoms with Gasteiger partial charge >= 0.3 is 0 Å². The summed E-state index contributed by atoms with van der Waals surface area (Å²) in [4.78, 5) is 11.9. The molecule has 2 aromatic carbocycles. The molecular formula is C24H26N2S. The van der Waals surface area contributed by atoms with Crippen LogP contribution in [-0.4, -0.2) is 11.4 Å². The highest BCUT2D eigenvalue weighted by Crippen LogP contribution is 2.23. The van der Waals surface area contributed by atoms with Crippen molar-refractivity contribution in [3.8, 4) is 0 Å². The molecule has 2 nitrogen and oxygen atoms in total. The van der Waals surface area contributed by atoms with Crippen LogP contribution in [0.3, 0.4) is 0 Å². The molecule has 3 heteroatoms. The number of hydrogen-bond acceptors (Lipinski definition) is 3. The van der Waals surface area contributed by atoms with Gasteiger partial charge in [0.1, 0.15) is 0 Å². The third-order valence-corrected chi connectivity index (χ3v) is 5.90. The molecule has 0 amide bonds. The van der Waals surface area contributed by atoms with E-state index in [1.807, 2.05) is 0 Å². The molecule has 0 saturated heterocycles. The normalized spacial score (nSPS) is 12.4. The number of aryl methyl sites for hydroxylation is 2. The van der Waals surface area contributed by atoms with Crippen LogP contribution in [0.4, 0.5) is 11.4 Å². The van der Waals surface area contributed by atoms with Crippen LogP contribution in [0.25, 0.3) is 0 Å². The quantitative estimate of drug-likeness (QED) is 0.409. The summed E-state index contributed by atoms with van der Waals surface area (Å²) >= 11 is 1.74. The Morgan fingerprint density at radius 2 is 1.00 bits per heavy atom. The predicted molar refractivity (Wildman–Crippen MR) is 120 cm³/mol. The molecule has 0 aliphatic carbocycles. The van der Waals surface area contributed by atoms with E-state index in [2.05, 4.69) is 88.4 Å². The lowest BCUT2D eigenvalue weighted by Gasteiger charge is -2.01. The van der Waals surface area contributed by atoms with E-state index in [-0.39, 0.29) is 0 Å². The topological polar surface area (TPSA) is 24.7 Å². The standard InChI is InChI=1S/C24H26N2S/c1-5-19-7-11-21(12-8-19)25-17(3)23-15-16-24(27-23)18(4)26-22-13-9-20(6-2)10-14-22/h7-16H,5-6H2,1-4H3. The first-order chi connectivity index (χ1) is 13.1. The fraction of sp³-hybridized carbons (Fsp3) is 0.250.